The maximum atomic E-state index is 13.0. The van der Waals surface area contributed by atoms with E-state index in [1.54, 1.807) is 17.6 Å². The molecule has 3 N–H and O–H groups in total. The monoisotopic (exact) mass is 412 g/mol. The molecule has 0 unspecified atom stereocenters. The lowest BCUT2D eigenvalue weighted by atomic mass is 10.0. The summed E-state index contributed by atoms with van der Waals surface area (Å²) in [6, 6.07) is 14.5. The Morgan fingerprint density at radius 3 is 2.27 bits per heavy atom. The largest absolute Gasteiger partial charge is 0.386 e. The minimum Gasteiger partial charge on any atom is -0.386 e. The van der Waals surface area contributed by atoms with Gasteiger partial charge in [0.2, 0.25) is 0 Å². The van der Waals surface area contributed by atoms with Gasteiger partial charge in [-0.2, -0.15) is 0 Å². The summed E-state index contributed by atoms with van der Waals surface area (Å²) in [5.41, 5.74) is 3.97. The van der Waals surface area contributed by atoms with Gasteiger partial charge in [-0.3, -0.25) is 14.8 Å². The second kappa shape index (κ2) is 9.38. The summed E-state index contributed by atoms with van der Waals surface area (Å²) in [7, 11) is 1.44. The zero-order valence-electron chi connectivity index (χ0n) is 17.3. The van der Waals surface area contributed by atoms with Crippen LogP contribution < -0.4 is 5.48 Å². The number of nitrogens with one attached hydrogen (secondary N) is 1. The smallest absolute Gasteiger partial charge is 0.266 e. The van der Waals surface area contributed by atoms with Crippen LogP contribution >= 0.6 is 0 Å². The van der Waals surface area contributed by atoms with Gasteiger partial charge in [-0.15, -0.1) is 0 Å². The number of hydrogen-bond donors (Lipinski definition) is 3. The van der Waals surface area contributed by atoms with Crippen LogP contribution in [0.15, 0.2) is 48.5 Å². The van der Waals surface area contributed by atoms with Crippen LogP contribution in [0.5, 0.6) is 0 Å². The molecule has 0 aliphatic carbocycles. The standard InChI is InChI=1S/C23H28N2O5/c1-3-4-16-5-7-17(8-6-16)18-9-11-19(12-10-18)22(27)25-14-23(28,15-30-2)13-20(25)21(26)24-29/h5-12,20,28-29H,3-4,13-15H2,1-2H3,(H,24,26)/t20-,23+/m0/s1. The molecule has 3 rings (SSSR count). The van der Waals surface area contributed by atoms with Gasteiger partial charge in [0.1, 0.15) is 11.6 Å². The van der Waals surface area contributed by atoms with E-state index in [0.29, 0.717) is 5.56 Å². The summed E-state index contributed by atoms with van der Waals surface area (Å²) in [6.45, 7) is 2.08. The highest BCUT2D eigenvalue weighted by Crippen LogP contribution is 2.30. The molecule has 2 amide bonds. The number of rotatable bonds is 7. The topological polar surface area (TPSA) is 99.1 Å². The van der Waals surface area contributed by atoms with Crippen molar-refractivity contribution in [2.45, 2.75) is 37.8 Å². The molecule has 2 aromatic rings. The molecule has 2 aromatic carbocycles. The Bertz CT molecular complexity index is 881. The molecule has 1 aliphatic heterocycles. The van der Waals surface area contributed by atoms with Gasteiger partial charge in [-0.25, -0.2) is 5.48 Å². The molecule has 0 bridgehead atoms. The van der Waals surface area contributed by atoms with E-state index in [1.807, 2.05) is 12.1 Å². The third-order valence-corrected chi connectivity index (χ3v) is 5.46. The Hall–Kier alpha value is -2.74. The average molecular weight is 412 g/mol. The van der Waals surface area contributed by atoms with Crippen LogP contribution in [-0.4, -0.2) is 58.9 Å². The van der Waals surface area contributed by atoms with Crippen LogP contribution in [0.25, 0.3) is 11.1 Å². The SMILES string of the molecule is CCCc1ccc(-c2ccc(C(=O)N3C[C@@](O)(COC)C[C@H]3C(=O)NO)cc2)cc1. The van der Waals surface area contributed by atoms with E-state index >= 15 is 0 Å². The highest BCUT2D eigenvalue weighted by molar-refractivity contribution is 5.98. The molecular formula is C23H28N2O5. The van der Waals surface area contributed by atoms with Crippen LogP contribution in [-0.2, 0) is 16.0 Å². The third kappa shape index (κ3) is 4.70. The lowest BCUT2D eigenvalue weighted by Crippen LogP contribution is -2.45. The first-order chi connectivity index (χ1) is 14.4. The molecule has 0 aromatic heterocycles. The second-order valence-corrected chi connectivity index (χ2v) is 7.81. The van der Waals surface area contributed by atoms with E-state index in [0.717, 1.165) is 24.0 Å². The quantitative estimate of drug-likeness (QED) is 0.479. The van der Waals surface area contributed by atoms with Crippen molar-refractivity contribution in [3.05, 3.63) is 59.7 Å². The van der Waals surface area contributed by atoms with Crippen LogP contribution in [0.2, 0.25) is 0 Å². The summed E-state index contributed by atoms with van der Waals surface area (Å²) >= 11 is 0. The van der Waals surface area contributed by atoms with Crippen molar-refractivity contribution in [3.63, 3.8) is 0 Å². The van der Waals surface area contributed by atoms with Crippen molar-refractivity contribution in [2.24, 2.45) is 0 Å². The Morgan fingerprint density at radius 1 is 1.13 bits per heavy atom. The Labute approximate surface area is 176 Å². The number of nitrogens with zero attached hydrogens (tertiary/aromatic N) is 1. The Morgan fingerprint density at radius 2 is 1.73 bits per heavy atom. The highest BCUT2D eigenvalue weighted by Gasteiger charge is 2.48. The molecule has 0 spiro atoms. The van der Waals surface area contributed by atoms with Crippen LogP contribution in [0.3, 0.4) is 0 Å². The lowest BCUT2D eigenvalue weighted by Gasteiger charge is -2.24. The van der Waals surface area contributed by atoms with Gasteiger partial charge < -0.3 is 14.7 Å². The maximum Gasteiger partial charge on any atom is 0.266 e. The van der Waals surface area contributed by atoms with E-state index in [-0.39, 0.29) is 25.5 Å². The molecule has 160 valence electrons. The summed E-state index contributed by atoms with van der Waals surface area (Å²) < 4.78 is 5.03. The summed E-state index contributed by atoms with van der Waals surface area (Å²) in [4.78, 5) is 26.4. The number of aryl methyl sites for hydroxylation is 1. The number of carbonyl (C=O) groups excluding carboxylic acids is 2. The highest BCUT2D eigenvalue weighted by atomic mass is 16.5. The van der Waals surface area contributed by atoms with E-state index in [4.69, 9.17) is 9.94 Å². The number of ether oxygens (including phenoxy) is 1. The van der Waals surface area contributed by atoms with Crippen LogP contribution in [0.1, 0.15) is 35.7 Å². The second-order valence-electron chi connectivity index (χ2n) is 7.81. The van der Waals surface area contributed by atoms with E-state index in [1.165, 1.54) is 17.6 Å². The Kier molecular flexibility index (Phi) is 6.87. The number of aliphatic hydroxyl groups is 1. The van der Waals surface area contributed by atoms with Crippen molar-refractivity contribution >= 4 is 11.8 Å². The first-order valence-corrected chi connectivity index (χ1v) is 10.1. The first kappa shape index (κ1) is 22.0. The number of hydroxylamine groups is 1. The molecule has 0 saturated carbocycles. The number of carbonyl (C=O) groups is 2. The van der Waals surface area contributed by atoms with Gasteiger partial charge in [-0.1, -0.05) is 49.7 Å². The lowest BCUT2D eigenvalue weighted by molar-refractivity contribution is -0.133. The predicted octanol–water partition coefficient (Wildman–Crippen LogP) is 2.40. The Balaban J connectivity index is 1.79. The molecule has 1 saturated heterocycles. The summed E-state index contributed by atoms with van der Waals surface area (Å²) in [6.07, 6.45) is 2.13. The number of benzene rings is 2. The van der Waals surface area contributed by atoms with Crippen molar-refractivity contribution in [1.29, 1.82) is 0 Å². The fourth-order valence-electron chi connectivity index (χ4n) is 3.98. The first-order valence-electron chi connectivity index (χ1n) is 10.1. The molecule has 7 nitrogen and oxygen atoms in total. The predicted molar refractivity (Wildman–Crippen MR) is 112 cm³/mol. The third-order valence-electron chi connectivity index (χ3n) is 5.46. The van der Waals surface area contributed by atoms with E-state index in [9.17, 15) is 14.7 Å². The molecule has 2 atom stereocenters. The zero-order valence-corrected chi connectivity index (χ0v) is 17.3. The van der Waals surface area contributed by atoms with Crippen LogP contribution in [0.4, 0.5) is 0 Å². The summed E-state index contributed by atoms with van der Waals surface area (Å²) in [5, 5.41) is 19.7. The molecule has 1 aliphatic rings. The molecular weight excluding hydrogens is 384 g/mol. The number of amides is 2. The van der Waals surface area contributed by atoms with E-state index < -0.39 is 17.6 Å². The number of β-amino-alcohol motifs (C(OH)–C–C–N with tert-alkyl or cyclic N) is 1. The minimum absolute atomic E-state index is 0.0127. The number of methoxy groups -OCH3 is 1. The molecule has 7 heteroatoms. The van der Waals surface area contributed by atoms with E-state index in [2.05, 4.69) is 31.2 Å². The fraction of sp³-hybridized carbons (Fsp3) is 0.391. The molecule has 0 radical (unpaired) electrons. The van der Waals surface area contributed by atoms with Crippen molar-refractivity contribution in [1.82, 2.24) is 10.4 Å². The van der Waals surface area contributed by atoms with Gasteiger partial charge >= 0.3 is 0 Å². The van der Waals surface area contributed by atoms with Crippen molar-refractivity contribution in [2.75, 3.05) is 20.3 Å². The number of hydrogen-bond acceptors (Lipinski definition) is 5. The zero-order chi connectivity index (χ0) is 21.7. The van der Waals surface area contributed by atoms with Crippen molar-refractivity contribution in [3.8, 4) is 11.1 Å². The summed E-state index contributed by atoms with van der Waals surface area (Å²) in [5.74, 6) is -1.13. The van der Waals surface area contributed by atoms with Crippen molar-refractivity contribution < 1.29 is 24.6 Å². The average Bonchev–Trinajstić information content (AvgIpc) is 3.11. The minimum atomic E-state index is -1.35. The molecule has 1 heterocycles. The normalized spacial score (nSPS) is 20.9. The van der Waals surface area contributed by atoms with Gasteiger partial charge in [-0.05, 0) is 35.2 Å². The van der Waals surface area contributed by atoms with Gasteiger partial charge in [0.15, 0.2) is 0 Å². The fourth-order valence-corrected chi connectivity index (χ4v) is 3.98. The molecule has 1 fully saturated rings. The van der Waals surface area contributed by atoms with Gasteiger partial charge in [0.05, 0.1) is 13.2 Å². The maximum absolute atomic E-state index is 13.0. The van der Waals surface area contributed by atoms with Gasteiger partial charge in [0.25, 0.3) is 11.8 Å². The molecule has 30 heavy (non-hydrogen) atoms. The van der Waals surface area contributed by atoms with Gasteiger partial charge in [0, 0.05) is 19.1 Å². The van der Waals surface area contributed by atoms with Crippen LogP contribution in [0, 0.1) is 0 Å². The number of likely N-dealkylation sites (tertiary alicyclic amines) is 1.